The topological polar surface area (TPSA) is 60.2 Å². The molecule has 106 valence electrons. The molecule has 0 aliphatic carbocycles. The molecule has 0 spiro atoms. The van der Waals surface area contributed by atoms with E-state index in [-0.39, 0.29) is 6.10 Å². The molecule has 1 fully saturated rings. The van der Waals surface area contributed by atoms with E-state index in [1.165, 1.54) is 0 Å². The number of halogens is 1. The molecule has 2 heterocycles. The monoisotopic (exact) mass is 293 g/mol. The molecular formula is C14H16ClN3O2. The number of hydrogen-bond donors (Lipinski definition) is 1. The number of rotatable bonds is 5. The predicted molar refractivity (Wildman–Crippen MR) is 75.8 cm³/mol. The lowest BCUT2D eigenvalue weighted by Gasteiger charge is -2.04. The number of anilines is 1. The molecule has 1 aliphatic rings. The lowest BCUT2D eigenvalue weighted by molar-refractivity contribution is 0.109. The van der Waals surface area contributed by atoms with Crippen LogP contribution in [-0.4, -0.2) is 22.9 Å². The molecule has 1 aliphatic heterocycles. The zero-order chi connectivity index (χ0) is 13.8. The van der Waals surface area contributed by atoms with Crippen molar-refractivity contribution in [3.8, 4) is 0 Å². The maximum atomic E-state index is 5.83. The minimum absolute atomic E-state index is 0.240. The summed E-state index contributed by atoms with van der Waals surface area (Å²) >= 11 is 5.83. The van der Waals surface area contributed by atoms with Crippen molar-refractivity contribution >= 4 is 17.3 Å². The summed E-state index contributed by atoms with van der Waals surface area (Å²) in [5, 5.41) is 7.90. The third kappa shape index (κ3) is 3.49. The van der Waals surface area contributed by atoms with Gasteiger partial charge in [-0.25, -0.2) is 0 Å². The van der Waals surface area contributed by atoms with Crippen molar-refractivity contribution in [2.45, 2.75) is 31.9 Å². The van der Waals surface area contributed by atoms with Crippen molar-refractivity contribution in [1.29, 1.82) is 0 Å². The first-order valence-electron chi connectivity index (χ1n) is 6.72. The Morgan fingerprint density at radius 1 is 1.30 bits per heavy atom. The summed E-state index contributed by atoms with van der Waals surface area (Å²) in [5.41, 5.74) is 0.966. The Kier molecular flexibility index (Phi) is 4.18. The van der Waals surface area contributed by atoms with Gasteiger partial charge >= 0.3 is 0 Å². The van der Waals surface area contributed by atoms with Crippen LogP contribution in [0.3, 0.4) is 0 Å². The average Bonchev–Trinajstić information content (AvgIpc) is 3.11. The molecule has 2 aromatic rings. The Bertz CT molecular complexity index is 550. The van der Waals surface area contributed by atoms with Crippen LogP contribution in [0.5, 0.6) is 0 Å². The van der Waals surface area contributed by atoms with E-state index in [2.05, 4.69) is 15.5 Å². The zero-order valence-corrected chi connectivity index (χ0v) is 11.8. The normalized spacial score (nSPS) is 18.4. The Labute approximate surface area is 122 Å². The number of benzene rings is 1. The van der Waals surface area contributed by atoms with Crippen LogP contribution in [0, 0.1) is 0 Å². The van der Waals surface area contributed by atoms with E-state index >= 15 is 0 Å². The van der Waals surface area contributed by atoms with Gasteiger partial charge in [0.2, 0.25) is 5.89 Å². The maximum Gasteiger partial charge on any atom is 0.245 e. The summed E-state index contributed by atoms with van der Waals surface area (Å²) < 4.78 is 10.8. The molecule has 1 aromatic heterocycles. The summed E-state index contributed by atoms with van der Waals surface area (Å²) in [6, 6.07) is 7.49. The third-order valence-corrected chi connectivity index (χ3v) is 3.48. The van der Waals surface area contributed by atoms with E-state index < -0.39 is 0 Å². The van der Waals surface area contributed by atoms with Gasteiger partial charge in [-0.2, -0.15) is 4.98 Å². The second kappa shape index (κ2) is 6.24. The van der Waals surface area contributed by atoms with Gasteiger partial charge in [-0.05, 0) is 37.1 Å². The van der Waals surface area contributed by atoms with Gasteiger partial charge in [-0.3, -0.25) is 0 Å². The highest BCUT2D eigenvalue weighted by molar-refractivity contribution is 6.30. The number of nitrogens with one attached hydrogen (secondary N) is 1. The number of nitrogens with zero attached hydrogens (tertiary/aromatic N) is 2. The standard InChI is InChI=1S/C14H16ClN3O2/c15-10-3-5-11(6-4-10)16-9-14-17-13(18-20-14)8-12-2-1-7-19-12/h3-6,12,16H,1-2,7-9H2/t12-/m0/s1. The molecule has 20 heavy (non-hydrogen) atoms. The first kappa shape index (κ1) is 13.4. The van der Waals surface area contributed by atoms with Crippen LogP contribution >= 0.6 is 11.6 Å². The van der Waals surface area contributed by atoms with Gasteiger partial charge in [-0.1, -0.05) is 16.8 Å². The summed E-state index contributed by atoms with van der Waals surface area (Å²) in [5.74, 6) is 1.29. The third-order valence-electron chi connectivity index (χ3n) is 3.23. The fourth-order valence-corrected chi connectivity index (χ4v) is 2.33. The molecule has 5 nitrogen and oxygen atoms in total. The van der Waals surface area contributed by atoms with Gasteiger partial charge in [0.05, 0.1) is 12.6 Å². The van der Waals surface area contributed by atoms with Crippen LogP contribution in [0.15, 0.2) is 28.8 Å². The highest BCUT2D eigenvalue weighted by atomic mass is 35.5. The van der Waals surface area contributed by atoms with Crippen LogP contribution < -0.4 is 5.32 Å². The fourth-order valence-electron chi connectivity index (χ4n) is 2.20. The first-order chi connectivity index (χ1) is 9.79. The average molecular weight is 294 g/mol. The second-order valence-electron chi connectivity index (χ2n) is 4.80. The fraction of sp³-hybridized carbons (Fsp3) is 0.429. The van der Waals surface area contributed by atoms with Crippen molar-refractivity contribution in [3.63, 3.8) is 0 Å². The van der Waals surface area contributed by atoms with Crippen LogP contribution in [-0.2, 0) is 17.7 Å². The summed E-state index contributed by atoms with van der Waals surface area (Å²) in [6.07, 6.45) is 3.16. The van der Waals surface area contributed by atoms with Crippen LogP contribution in [0.1, 0.15) is 24.6 Å². The van der Waals surface area contributed by atoms with Crippen molar-refractivity contribution in [2.75, 3.05) is 11.9 Å². The quantitative estimate of drug-likeness (QED) is 0.918. The lowest BCUT2D eigenvalue weighted by atomic mass is 10.2. The zero-order valence-electron chi connectivity index (χ0n) is 11.0. The molecule has 0 radical (unpaired) electrons. The Hall–Kier alpha value is -1.59. The van der Waals surface area contributed by atoms with Crippen molar-refractivity contribution in [2.24, 2.45) is 0 Å². The van der Waals surface area contributed by atoms with E-state index in [1.54, 1.807) is 0 Å². The van der Waals surface area contributed by atoms with E-state index in [1.807, 2.05) is 24.3 Å². The SMILES string of the molecule is Clc1ccc(NCc2nc(C[C@@H]3CCCO3)no2)cc1. The van der Waals surface area contributed by atoms with Gasteiger partial charge < -0.3 is 14.6 Å². The highest BCUT2D eigenvalue weighted by Gasteiger charge is 2.18. The predicted octanol–water partition coefficient (Wildman–Crippen LogP) is 3.06. The van der Waals surface area contributed by atoms with E-state index in [0.29, 0.717) is 23.3 Å². The first-order valence-corrected chi connectivity index (χ1v) is 7.10. The molecule has 0 saturated carbocycles. The van der Waals surface area contributed by atoms with E-state index in [4.69, 9.17) is 20.9 Å². The second-order valence-corrected chi connectivity index (χ2v) is 5.24. The van der Waals surface area contributed by atoms with Gasteiger partial charge in [0.1, 0.15) is 0 Å². The van der Waals surface area contributed by atoms with Gasteiger partial charge in [-0.15, -0.1) is 0 Å². The molecule has 1 saturated heterocycles. The summed E-state index contributed by atoms with van der Waals surface area (Å²) in [4.78, 5) is 4.36. The molecular weight excluding hydrogens is 278 g/mol. The van der Waals surface area contributed by atoms with Crippen molar-refractivity contribution in [3.05, 3.63) is 41.0 Å². The minimum Gasteiger partial charge on any atom is -0.378 e. The Morgan fingerprint density at radius 3 is 2.90 bits per heavy atom. The maximum absolute atomic E-state index is 5.83. The van der Waals surface area contributed by atoms with Crippen LogP contribution in [0.4, 0.5) is 5.69 Å². The van der Waals surface area contributed by atoms with Crippen LogP contribution in [0.25, 0.3) is 0 Å². The molecule has 1 aromatic carbocycles. The molecule has 1 N–H and O–H groups in total. The lowest BCUT2D eigenvalue weighted by Crippen LogP contribution is -2.10. The van der Waals surface area contributed by atoms with E-state index in [0.717, 1.165) is 31.6 Å². The Morgan fingerprint density at radius 2 is 2.15 bits per heavy atom. The van der Waals surface area contributed by atoms with Crippen molar-refractivity contribution < 1.29 is 9.26 Å². The van der Waals surface area contributed by atoms with Crippen molar-refractivity contribution in [1.82, 2.24) is 10.1 Å². The molecule has 6 heteroatoms. The van der Waals surface area contributed by atoms with Crippen LogP contribution in [0.2, 0.25) is 5.02 Å². The smallest absolute Gasteiger partial charge is 0.245 e. The highest BCUT2D eigenvalue weighted by Crippen LogP contribution is 2.16. The van der Waals surface area contributed by atoms with Gasteiger partial charge in [0.15, 0.2) is 5.82 Å². The molecule has 0 bridgehead atoms. The molecule has 1 atom stereocenters. The molecule has 3 rings (SSSR count). The molecule has 0 unspecified atom stereocenters. The number of ether oxygens (including phenoxy) is 1. The minimum atomic E-state index is 0.240. The summed E-state index contributed by atoms with van der Waals surface area (Å²) in [7, 11) is 0. The Balaban J connectivity index is 1.52. The van der Waals surface area contributed by atoms with E-state index in [9.17, 15) is 0 Å². The number of hydrogen-bond acceptors (Lipinski definition) is 5. The molecule has 0 amide bonds. The summed E-state index contributed by atoms with van der Waals surface area (Å²) in [6.45, 7) is 1.34. The van der Waals surface area contributed by atoms with Gasteiger partial charge in [0.25, 0.3) is 0 Å². The largest absolute Gasteiger partial charge is 0.378 e. The van der Waals surface area contributed by atoms with Gasteiger partial charge in [0, 0.05) is 23.7 Å². The number of aromatic nitrogens is 2.